The van der Waals surface area contributed by atoms with Gasteiger partial charge >= 0.3 is 0 Å². The van der Waals surface area contributed by atoms with Crippen LogP contribution in [0.15, 0.2) is 84.9 Å². The van der Waals surface area contributed by atoms with Gasteiger partial charge in [-0.15, -0.1) is 0 Å². The van der Waals surface area contributed by atoms with Crippen LogP contribution >= 0.6 is 0 Å². The predicted molar refractivity (Wildman–Crippen MR) is 97.4 cm³/mol. The van der Waals surface area contributed by atoms with Gasteiger partial charge in [-0.3, -0.25) is 0 Å². The van der Waals surface area contributed by atoms with Gasteiger partial charge in [-0.25, -0.2) is 0 Å². The molecule has 0 unspecified atom stereocenters. The van der Waals surface area contributed by atoms with E-state index < -0.39 is 0 Å². The van der Waals surface area contributed by atoms with E-state index in [1.54, 1.807) is 7.11 Å². The van der Waals surface area contributed by atoms with E-state index >= 15 is 0 Å². The van der Waals surface area contributed by atoms with Crippen LogP contribution in [-0.4, -0.2) is 7.11 Å². The smallest absolute Gasteiger partial charge is 0.118 e. The number of hydrogen-bond donors (Lipinski definition) is 0. The maximum Gasteiger partial charge on any atom is 0.118 e. The van der Waals surface area contributed by atoms with E-state index in [-0.39, 0.29) is 0 Å². The van der Waals surface area contributed by atoms with Crippen molar-refractivity contribution in [2.24, 2.45) is 0 Å². The van der Waals surface area contributed by atoms with E-state index in [2.05, 4.69) is 6.07 Å². The SMILES string of the molecule is COc1ccc(/C(=C(/C#N)c2ccccc2)c2ccccc2)cc1. The fourth-order valence-corrected chi connectivity index (χ4v) is 2.69. The van der Waals surface area contributed by atoms with Gasteiger partial charge < -0.3 is 4.74 Å². The molecule has 0 atom stereocenters. The first-order valence-corrected chi connectivity index (χ1v) is 7.73. The van der Waals surface area contributed by atoms with E-state index in [0.29, 0.717) is 5.57 Å². The first kappa shape index (κ1) is 15.6. The molecule has 0 saturated heterocycles. The Labute approximate surface area is 142 Å². The Hall–Kier alpha value is -3.31. The summed E-state index contributed by atoms with van der Waals surface area (Å²) in [5.41, 5.74) is 4.50. The largest absolute Gasteiger partial charge is 0.497 e. The van der Waals surface area contributed by atoms with E-state index in [9.17, 15) is 5.26 Å². The number of hydrogen-bond acceptors (Lipinski definition) is 2. The Morgan fingerprint density at radius 1 is 0.708 bits per heavy atom. The van der Waals surface area contributed by atoms with E-state index in [4.69, 9.17) is 4.74 Å². The first-order valence-electron chi connectivity index (χ1n) is 7.73. The minimum Gasteiger partial charge on any atom is -0.497 e. The molecule has 0 aliphatic heterocycles. The summed E-state index contributed by atoms with van der Waals surface area (Å²) in [6.07, 6.45) is 0. The Morgan fingerprint density at radius 2 is 1.21 bits per heavy atom. The summed E-state index contributed by atoms with van der Waals surface area (Å²) in [6.45, 7) is 0. The van der Waals surface area contributed by atoms with Crippen molar-refractivity contribution in [3.8, 4) is 11.8 Å². The van der Waals surface area contributed by atoms with Gasteiger partial charge in [0.1, 0.15) is 11.8 Å². The van der Waals surface area contributed by atoms with Crippen LogP contribution in [-0.2, 0) is 0 Å². The molecule has 0 aliphatic carbocycles. The Morgan fingerprint density at radius 3 is 1.71 bits per heavy atom. The normalized spacial score (nSPS) is 11.3. The maximum absolute atomic E-state index is 9.84. The van der Waals surface area contributed by atoms with Gasteiger partial charge in [0.25, 0.3) is 0 Å². The Bertz CT molecular complexity index is 873. The van der Waals surface area contributed by atoms with Crippen LogP contribution < -0.4 is 4.74 Å². The highest BCUT2D eigenvalue weighted by Crippen LogP contribution is 2.32. The average Bonchev–Trinajstić information content (AvgIpc) is 2.67. The van der Waals surface area contributed by atoms with Crippen molar-refractivity contribution in [1.82, 2.24) is 0 Å². The first-order chi connectivity index (χ1) is 11.8. The standard InChI is InChI=1S/C22H17NO/c1-24-20-14-12-19(13-15-20)22(18-10-6-3-7-11-18)21(16-23)17-8-4-2-5-9-17/h2-15H,1H3/b22-21-. The Balaban J connectivity index is 2.25. The van der Waals surface area contributed by atoms with E-state index in [1.807, 2.05) is 84.9 Å². The zero-order valence-corrected chi connectivity index (χ0v) is 13.4. The molecule has 116 valence electrons. The Kier molecular flexibility index (Phi) is 4.74. The average molecular weight is 311 g/mol. The molecule has 0 heterocycles. The molecule has 0 bridgehead atoms. The van der Waals surface area contributed by atoms with Gasteiger partial charge in [-0.05, 0) is 28.8 Å². The molecular weight excluding hydrogens is 294 g/mol. The van der Waals surface area contributed by atoms with Crippen LogP contribution in [0.2, 0.25) is 0 Å². The number of ether oxygens (including phenoxy) is 1. The zero-order chi connectivity index (χ0) is 16.8. The van der Waals surface area contributed by atoms with Crippen molar-refractivity contribution in [1.29, 1.82) is 5.26 Å². The monoisotopic (exact) mass is 311 g/mol. The van der Waals surface area contributed by atoms with Crippen molar-refractivity contribution in [3.63, 3.8) is 0 Å². The molecule has 0 amide bonds. The number of nitriles is 1. The van der Waals surface area contributed by atoms with Crippen molar-refractivity contribution in [2.45, 2.75) is 0 Å². The molecule has 0 spiro atoms. The van der Waals surface area contributed by atoms with Gasteiger partial charge in [0, 0.05) is 5.57 Å². The molecule has 0 saturated carbocycles. The number of benzene rings is 3. The second-order valence-electron chi connectivity index (χ2n) is 5.32. The summed E-state index contributed by atoms with van der Waals surface area (Å²) in [7, 11) is 1.65. The summed E-state index contributed by atoms with van der Waals surface area (Å²) in [4.78, 5) is 0. The van der Waals surface area contributed by atoms with Crippen molar-refractivity contribution in [2.75, 3.05) is 7.11 Å². The molecule has 0 aliphatic rings. The van der Waals surface area contributed by atoms with Crippen molar-refractivity contribution >= 4 is 11.1 Å². The van der Waals surface area contributed by atoms with Crippen LogP contribution in [0.25, 0.3) is 11.1 Å². The topological polar surface area (TPSA) is 33.0 Å². The molecule has 3 rings (SSSR count). The van der Waals surface area contributed by atoms with Crippen LogP contribution in [0.1, 0.15) is 16.7 Å². The van der Waals surface area contributed by atoms with Crippen LogP contribution in [0.3, 0.4) is 0 Å². The second kappa shape index (κ2) is 7.30. The minimum atomic E-state index is 0.659. The fraction of sp³-hybridized carbons (Fsp3) is 0.0455. The third-order valence-electron chi connectivity index (χ3n) is 3.87. The molecule has 3 aromatic rings. The molecule has 0 N–H and O–H groups in total. The molecule has 2 heteroatoms. The summed E-state index contributed by atoms with van der Waals surface area (Å²) in [5, 5.41) is 9.84. The van der Waals surface area contributed by atoms with Gasteiger partial charge in [-0.1, -0.05) is 72.8 Å². The number of allylic oxidation sites excluding steroid dienone is 1. The van der Waals surface area contributed by atoms with E-state index in [0.717, 1.165) is 28.0 Å². The summed E-state index contributed by atoms with van der Waals surface area (Å²) in [6, 6.07) is 30.0. The number of methoxy groups -OCH3 is 1. The van der Waals surface area contributed by atoms with Crippen LogP contribution in [0.5, 0.6) is 5.75 Å². The van der Waals surface area contributed by atoms with Crippen molar-refractivity contribution < 1.29 is 4.74 Å². The maximum atomic E-state index is 9.84. The zero-order valence-electron chi connectivity index (χ0n) is 13.4. The van der Waals surface area contributed by atoms with E-state index in [1.165, 1.54) is 0 Å². The molecule has 3 aromatic carbocycles. The highest BCUT2D eigenvalue weighted by molar-refractivity contribution is 6.03. The highest BCUT2D eigenvalue weighted by atomic mass is 16.5. The lowest BCUT2D eigenvalue weighted by atomic mass is 9.90. The third kappa shape index (κ3) is 3.21. The lowest BCUT2D eigenvalue weighted by molar-refractivity contribution is 0.415. The quantitative estimate of drug-likeness (QED) is 0.491. The molecule has 0 fully saturated rings. The fourth-order valence-electron chi connectivity index (χ4n) is 2.69. The van der Waals surface area contributed by atoms with Gasteiger partial charge in [0.15, 0.2) is 0 Å². The van der Waals surface area contributed by atoms with Crippen LogP contribution in [0, 0.1) is 11.3 Å². The lowest BCUT2D eigenvalue weighted by Gasteiger charge is -2.13. The summed E-state index contributed by atoms with van der Waals surface area (Å²) >= 11 is 0. The minimum absolute atomic E-state index is 0.659. The van der Waals surface area contributed by atoms with Gasteiger partial charge in [-0.2, -0.15) is 5.26 Å². The number of rotatable bonds is 4. The van der Waals surface area contributed by atoms with Gasteiger partial charge in [0.05, 0.1) is 12.7 Å². The van der Waals surface area contributed by atoms with Crippen LogP contribution in [0.4, 0.5) is 0 Å². The molecule has 0 aromatic heterocycles. The van der Waals surface area contributed by atoms with Crippen molar-refractivity contribution in [3.05, 3.63) is 102 Å². The molecule has 24 heavy (non-hydrogen) atoms. The number of nitrogens with zero attached hydrogens (tertiary/aromatic N) is 1. The molecule has 0 radical (unpaired) electrons. The third-order valence-corrected chi connectivity index (χ3v) is 3.87. The predicted octanol–water partition coefficient (Wildman–Crippen LogP) is 5.18. The van der Waals surface area contributed by atoms with Gasteiger partial charge in [0.2, 0.25) is 0 Å². The summed E-state index contributed by atoms with van der Waals surface area (Å²) < 4.78 is 5.25. The second-order valence-corrected chi connectivity index (χ2v) is 5.32. The highest BCUT2D eigenvalue weighted by Gasteiger charge is 2.13. The summed E-state index contributed by atoms with van der Waals surface area (Å²) in [5.74, 6) is 0.796. The molecule has 2 nitrogen and oxygen atoms in total. The molecular formula is C22H17NO. The lowest BCUT2D eigenvalue weighted by Crippen LogP contribution is -1.94.